The van der Waals surface area contributed by atoms with Crippen LogP contribution in [0.25, 0.3) is 33.4 Å². The molecule has 0 bridgehead atoms. The average molecular weight is 545 g/mol. The fraction of sp³-hybridized carbons (Fsp3) is 0. The molecular weight excluding hydrogens is 511 g/mol. The largest absolute Gasteiger partial charge is 0.328 e. The molecule has 6 aromatic rings. The van der Waals surface area contributed by atoms with Crippen molar-refractivity contribution in [1.29, 1.82) is 0 Å². The highest BCUT2D eigenvalue weighted by atomic mass is 31.2. The van der Waals surface area contributed by atoms with E-state index in [1.165, 1.54) is 33.4 Å². The highest BCUT2D eigenvalue weighted by Gasteiger charge is 1.93. The van der Waals surface area contributed by atoms with E-state index < -0.39 is 8.60 Å². The molecule has 200 valence electrons. The zero-order valence-electron chi connectivity index (χ0n) is 22.1. The highest BCUT2D eigenvalue weighted by Crippen LogP contribution is 2.19. The lowest BCUT2D eigenvalue weighted by atomic mass is 10.1. The van der Waals surface area contributed by atoms with Crippen molar-refractivity contribution < 1.29 is 14.7 Å². The molecule has 0 aliphatic carbocycles. The third kappa shape index (κ3) is 11.6. The normalized spacial score (nSPS) is 9.60. The van der Waals surface area contributed by atoms with Crippen LogP contribution >= 0.6 is 8.60 Å². The number of hydrogen-bond acceptors (Lipinski definition) is 3. The maximum absolute atomic E-state index is 7.23. The zero-order valence-corrected chi connectivity index (χ0v) is 23.0. The molecule has 4 heteroatoms. The Morgan fingerprint density at radius 3 is 0.425 bits per heavy atom. The second kappa shape index (κ2) is 18.0. The highest BCUT2D eigenvalue weighted by molar-refractivity contribution is 7.38. The van der Waals surface area contributed by atoms with Gasteiger partial charge in [-0.05, 0) is 33.4 Å². The average Bonchev–Trinajstić information content (AvgIpc) is 3.04. The Kier molecular flexibility index (Phi) is 13.6. The van der Waals surface area contributed by atoms with Crippen LogP contribution in [0.15, 0.2) is 182 Å². The topological polar surface area (TPSA) is 60.7 Å². The first-order valence-electron chi connectivity index (χ1n) is 12.8. The van der Waals surface area contributed by atoms with E-state index in [9.17, 15) is 0 Å². The van der Waals surface area contributed by atoms with Crippen LogP contribution in [0, 0.1) is 0 Å². The Morgan fingerprint density at radius 2 is 0.325 bits per heavy atom. The molecule has 3 N–H and O–H groups in total. The molecule has 0 heterocycles. The van der Waals surface area contributed by atoms with Crippen LogP contribution in [-0.2, 0) is 0 Å². The van der Waals surface area contributed by atoms with E-state index in [1.807, 2.05) is 36.4 Å². The molecule has 0 spiro atoms. The minimum Gasteiger partial charge on any atom is -0.328 e. The van der Waals surface area contributed by atoms with Gasteiger partial charge in [0.15, 0.2) is 0 Å². The molecule has 0 aliphatic rings. The molecule has 0 radical (unpaired) electrons. The van der Waals surface area contributed by atoms with Gasteiger partial charge in [-0.1, -0.05) is 182 Å². The first kappa shape index (κ1) is 30.2. The molecule has 0 aliphatic heterocycles. The Labute approximate surface area is 238 Å². The maximum Gasteiger partial charge on any atom is 0.324 e. The third-order valence-electron chi connectivity index (χ3n) is 5.64. The Balaban J connectivity index is 0.000000155. The summed E-state index contributed by atoms with van der Waals surface area (Å²) in [4.78, 5) is 21.7. The van der Waals surface area contributed by atoms with Crippen LogP contribution in [-0.4, -0.2) is 14.7 Å². The Hall–Kier alpha value is -4.37. The lowest BCUT2D eigenvalue weighted by Gasteiger charge is -1.98. The van der Waals surface area contributed by atoms with Crippen molar-refractivity contribution in [3.8, 4) is 33.4 Å². The second-order valence-electron chi connectivity index (χ2n) is 8.46. The van der Waals surface area contributed by atoms with E-state index >= 15 is 0 Å². The van der Waals surface area contributed by atoms with Gasteiger partial charge >= 0.3 is 8.60 Å². The summed E-state index contributed by atoms with van der Waals surface area (Å²) in [7, 11) is -2.62. The summed E-state index contributed by atoms with van der Waals surface area (Å²) < 4.78 is 0. The fourth-order valence-electron chi connectivity index (χ4n) is 3.78. The van der Waals surface area contributed by atoms with Crippen LogP contribution in [0.2, 0.25) is 0 Å². The van der Waals surface area contributed by atoms with Gasteiger partial charge in [-0.15, -0.1) is 0 Å². The summed E-state index contributed by atoms with van der Waals surface area (Å²) in [6.45, 7) is 0. The van der Waals surface area contributed by atoms with E-state index in [2.05, 4.69) is 146 Å². The van der Waals surface area contributed by atoms with Crippen molar-refractivity contribution in [1.82, 2.24) is 0 Å². The molecule has 40 heavy (non-hydrogen) atoms. The first-order valence-corrected chi connectivity index (χ1v) is 14.0. The number of rotatable bonds is 3. The Morgan fingerprint density at radius 1 is 0.225 bits per heavy atom. The van der Waals surface area contributed by atoms with Crippen molar-refractivity contribution in [2.24, 2.45) is 0 Å². The van der Waals surface area contributed by atoms with E-state index in [1.54, 1.807) is 0 Å². The summed E-state index contributed by atoms with van der Waals surface area (Å²) in [6, 6.07) is 62.3. The molecule has 0 saturated carbocycles. The van der Waals surface area contributed by atoms with Gasteiger partial charge in [0.1, 0.15) is 0 Å². The van der Waals surface area contributed by atoms with Crippen LogP contribution in [0.4, 0.5) is 0 Å². The fourth-order valence-corrected chi connectivity index (χ4v) is 3.78. The van der Waals surface area contributed by atoms with E-state index in [0.29, 0.717) is 0 Å². The van der Waals surface area contributed by atoms with Gasteiger partial charge in [0.2, 0.25) is 0 Å². The predicted molar refractivity (Wildman–Crippen MR) is 169 cm³/mol. The number of hydrogen-bond donors (Lipinski definition) is 3. The van der Waals surface area contributed by atoms with Crippen molar-refractivity contribution >= 4 is 8.60 Å². The second-order valence-corrected chi connectivity index (χ2v) is 9.00. The molecular formula is C36H33O3P. The lowest BCUT2D eigenvalue weighted by molar-refractivity contribution is 0.368. The molecule has 0 atom stereocenters. The molecule has 0 fully saturated rings. The van der Waals surface area contributed by atoms with Crippen molar-refractivity contribution in [2.75, 3.05) is 0 Å². The summed E-state index contributed by atoms with van der Waals surface area (Å²) in [5.74, 6) is 0. The third-order valence-corrected chi connectivity index (χ3v) is 5.64. The van der Waals surface area contributed by atoms with Gasteiger partial charge < -0.3 is 14.7 Å². The zero-order chi connectivity index (χ0) is 28.3. The minimum absolute atomic E-state index is 1.28. The molecule has 3 nitrogen and oxygen atoms in total. The SMILES string of the molecule is OP(O)O.c1ccc(-c2ccccc2)cc1.c1ccc(-c2ccccc2)cc1.c1ccc(-c2ccccc2)cc1. The van der Waals surface area contributed by atoms with Crippen molar-refractivity contribution in [3.63, 3.8) is 0 Å². The van der Waals surface area contributed by atoms with Gasteiger partial charge in [0.05, 0.1) is 0 Å². The summed E-state index contributed by atoms with van der Waals surface area (Å²) in [5.41, 5.74) is 7.66. The molecule has 0 amide bonds. The smallest absolute Gasteiger partial charge is 0.324 e. The maximum atomic E-state index is 7.23. The van der Waals surface area contributed by atoms with Crippen LogP contribution in [0.5, 0.6) is 0 Å². The monoisotopic (exact) mass is 544 g/mol. The van der Waals surface area contributed by atoms with Gasteiger partial charge in [0.25, 0.3) is 0 Å². The Bertz CT molecular complexity index is 1140. The van der Waals surface area contributed by atoms with E-state index in [4.69, 9.17) is 14.7 Å². The van der Waals surface area contributed by atoms with Gasteiger partial charge in [-0.2, -0.15) is 0 Å². The van der Waals surface area contributed by atoms with Gasteiger partial charge in [0, 0.05) is 0 Å². The van der Waals surface area contributed by atoms with Crippen molar-refractivity contribution in [2.45, 2.75) is 0 Å². The van der Waals surface area contributed by atoms with E-state index in [0.717, 1.165) is 0 Å². The van der Waals surface area contributed by atoms with Gasteiger partial charge in [-0.25, -0.2) is 0 Å². The summed E-state index contributed by atoms with van der Waals surface area (Å²) >= 11 is 0. The molecule has 0 aromatic heterocycles. The first-order chi connectivity index (χ1) is 19.6. The van der Waals surface area contributed by atoms with Gasteiger partial charge in [-0.3, -0.25) is 0 Å². The number of benzene rings is 6. The lowest BCUT2D eigenvalue weighted by Crippen LogP contribution is -1.73. The summed E-state index contributed by atoms with van der Waals surface area (Å²) in [6.07, 6.45) is 0. The van der Waals surface area contributed by atoms with Crippen LogP contribution in [0.3, 0.4) is 0 Å². The van der Waals surface area contributed by atoms with Crippen molar-refractivity contribution in [3.05, 3.63) is 182 Å². The quantitative estimate of drug-likeness (QED) is 0.195. The molecule has 0 unspecified atom stereocenters. The molecule has 6 rings (SSSR count). The predicted octanol–water partition coefficient (Wildman–Crippen LogP) is 9.25. The minimum atomic E-state index is -2.62. The van der Waals surface area contributed by atoms with Crippen LogP contribution < -0.4 is 0 Å². The summed E-state index contributed by atoms with van der Waals surface area (Å²) in [5, 5.41) is 0. The van der Waals surface area contributed by atoms with Crippen LogP contribution in [0.1, 0.15) is 0 Å². The molecule has 0 saturated heterocycles. The molecule has 6 aromatic carbocycles. The van der Waals surface area contributed by atoms with E-state index in [-0.39, 0.29) is 0 Å². The standard InChI is InChI=1S/3C12H10.H3O3P/c3*1-3-7-11(8-4-1)12-9-5-2-6-10-12;1-4(2)3/h3*1-10H;1-3H.